The van der Waals surface area contributed by atoms with E-state index in [1.165, 1.54) is 11.8 Å². The SMILES string of the molecule is Cc1cccc(-n2c(C)nnc2SCC(=O)N[C@@H](c2ccc3c(c2)OCCCO3)C(C)C)c1. The smallest absolute Gasteiger partial charge is 0.230 e. The van der Waals surface area contributed by atoms with Gasteiger partial charge in [0.05, 0.1) is 25.0 Å². The number of aryl methyl sites for hydroxylation is 2. The van der Waals surface area contributed by atoms with Gasteiger partial charge >= 0.3 is 0 Å². The summed E-state index contributed by atoms with van der Waals surface area (Å²) in [6.45, 7) is 9.44. The minimum absolute atomic E-state index is 0.0535. The minimum atomic E-state index is -0.133. The third-order valence-corrected chi connectivity index (χ3v) is 6.43. The van der Waals surface area contributed by atoms with Crippen molar-refractivity contribution < 1.29 is 14.3 Å². The van der Waals surface area contributed by atoms with E-state index in [9.17, 15) is 4.79 Å². The molecule has 3 aromatic rings. The second kappa shape index (κ2) is 10.3. The molecule has 1 atom stereocenters. The first-order valence-electron chi connectivity index (χ1n) is 11.2. The van der Waals surface area contributed by atoms with Gasteiger partial charge in [0, 0.05) is 12.1 Å². The maximum Gasteiger partial charge on any atom is 0.230 e. The molecule has 0 unspecified atom stereocenters. The van der Waals surface area contributed by atoms with Crippen LogP contribution in [0.15, 0.2) is 47.6 Å². The first-order valence-corrected chi connectivity index (χ1v) is 12.2. The Kier molecular flexibility index (Phi) is 7.23. The molecule has 0 fully saturated rings. The number of hydrogen-bond donors (Lipinski definition) is 1. The first-order chi connectivity index (χ1) is 15.9. The molecule has 0 saturated carbocycles. The summed E-state index contributed by atoms with van der Waals surface area (Å²) in [7, 11) is 0. The number of nitrogens with zero attached hydrogens (tertiary/aromatic N) is 3. The van der Waals surface area contributed by atoms with E-state index in [2.05, 4.69) is 48.4 Å². The second-order valence-corrected chi connectivity index (χ2v) is 9.48. The zero-order valence-electron chi connectivity index (χ0n) is 19.5. The van der Waals surface area contributed by atoms with E-state index in [0.717, 1.165) is 40.6 Å². The summed E-state index contributed by atoms with van der Waals surface area (Å²) in [6.07, 6.45) is 0.859. The molecule has 174 valence electrons. The molecule has 1 aliphatic rings. The maximum atomic E-state index is 12.9. The number of carbonyl (C=O) groups excluding carboxylic acids is 1. The highest BCUT2D eigenvalue weighted by Gasteiger charge is 2.22. The molecular weight excluding hydrogens is 436 g/mol. The number of amides is 1. The van der Waals surface area contributed by atoms with Crippen molar-refractivity contribution >= 4 is 17.7 Å². The molecule has 4 rings (SSSR count). The van der Waals surface area contributed by atoms with Gasteiger partial charge in [-0.3, -0.25) is 9.36 Å². The largest absolute Gasteiger partial charge is 0.490 e. The zero-order valence-corrected chi connectivity index (χ0v) is 20.3. The lowest BCUT2D eigenvalue weighted by Gasteiger charge is -2.24. The molecule has 0 saturated heterocycles. The molecule has 1 amide bonds. The topological polar surface area (TPSA) is 78.3 Å². The van der Waals surface area contributed by atoms with Crippen molar-refractivity contribution in [1.29, 1.82) is 0 Å². The third kappa shape index (κ3) is 5.50. The number of ether oxygens (including phenoxy) is 2. The van der Waals surface area contributed by atoms with Crippen LogP contribution in [0.1, 0.15) is 43.3 Å². The number of benzene rings is 2. The standard InChI is InChI=1S/C25H30N4O3S/c1-16(2)24(19-9-10-21-22(14-19)32-12-6-11-31-21)26-23(30)15-33-25-28-27-18(4)29(25)20-8-5-7-17(3)13-20/h5,7-10,13-14,16,24H,6,11-12,15H2,1-4H3,(H,26,30)/t24-/m1/s1. The zero-order chi connectivity index (χ0) is 23.4. The van der Waals surface area contributed by atoms with Crippen LogP contribution >= 0.6 is 11.8 Å². The van der Waals surface area contributed by atoms with Gasteiger partial charge in [-0.25, -0.2) is 0 Å². The molecule has 7 nitrogen and oxygen atoms in total. The normalized spacial score (nSPS) is 14.1. The average Bonchev–Trinajstić information content (AvgIpc) is 3.00. The number of nitrogens with one attached hydrogen (secondary N) is 1. The second-order valence-electron chi connectivity index (χ2n) is 8.54. The average molecular weight is 467 g/mol. The van der Waals surface area contributed by atoms with Gasteiger partial charge in [0.1, 0.15) is 5.82 Å². The Morgan fingerprint density at radius 1 is 1.09 bits per heavy atom. The Labute approximate surface area is 198 Å². The van der Waals surface area contributed by atoms with Crippen molar-refractivity contribution in [2.24, 2.45) is 5.92 Å². The van der Waals surface area contributed by atoms with Crippen molar-refractivity contribution in [2.75, 3.05) is 19.0 Å². The minimum Gasteiger partial charge on any atom is -0.490 e. The summed E-state index contributed by atoms with van der Waals surface area (Å²) < 4.78 is 13.6. The molecule has 2 aromatic carbocycles. The fourth-order valence-electron chi connectivity index (χ4n) is 3.85. The van der Waals surface area contributed by atoms with Gasteiger partial charge in [0.25, 0.3) is 0 Å². The molecule has 8 heteroatoms. The monoisotopic (exact) mass is 466 g/mol. The molecule has 0 spiro atoms. The molecule has 0 aliphatic carbocycles. The lowest BCUT2D eigenvalue weighted by atomic mass is 9.95. The van der Waals surface area contributed by atoms with Gasteiger partial charge in [-0.15, -0.1) is 10.2 Å². The fraction of sp³-hybridized carbons (Fsp3) is 0.400. The lowest BCUT2D eigenvalue weighted by molar-refractivity contribution is -0.119. The fourth-order valence-corrected chi connectivity index (χ4v) is 4.66. The number of rotatable bonds is 7. The van der Waals surface area contributed by atoms with E-state index in [1.807, 2.05) is 41.8 Å². The molecule has 33 heavy (non-hydrogen) atoms. The van der Waals surface area contributed by atoms with Crippen molar-refractivity contribution in [1.82, 2.24) is 20.1 Å². The van der Waals surface area contributed by atoms with Gasteiger partial charge in [-0.1, -0.05) is 43.8 Å². The van der Waals surface area contributed by atoms with Crippen molar-refractivity contribution in [2.45, 2.75) is 45.3 Å². The summed E-state index contributed by atoms with van der Waals surface area (Å²) in [4.78, 5) is 12.9. The predicted molar refractivity (Wildman–Crippen MR) is 129 cm³/mol. The lowest BCUT2D eigenvalue weighted by Crippen LogP contribution is -2.33. The molecule has 0 radical (unpaired) electrons. The van der Waals surface area contributed by atoms with Crippen LogP contribution in [0.2, 0.25) is 0 Å². The Balaban J connectivity index is 1.46. The summed E-state index contributed by atoms with van der Waals surface area (Å²) in [5, 5.41) is 12.4. The highest BCUT2D eigenvalue weighted by atomic mass is 32.2. The van der Waals surface area contributed by atoms with Crippen LogP contribution < -0.4 is 14.8 Å². The van der Waals surface area contributed by atoms with Crippen LogP contribution in [0.3, 0.4) is 0 Å². The Hall–Kier alpha value is -3.00. The summed E-state index contributed by atoms with van der Waals surface area (Å²) in [6, 6.07) is 13.9. The van der Waals surface area contributed by atoms with Gasteiger partial charge in [0.15, 0.2) is 16.7 Å². The van der Waals surface area contributed by atoms with E-state index >= 15 is 0 Å². The van der Waals surface area contributed by atoms with Crippen LogP contribution in [0.25, 0.3) is 5.69 Å². The van der Waals surface area contributed by atoms with Crippen molar-refractivity contribution in [3.8, 4) is 17.2 Å². The summed E-state index contributed by atoms with van der Waals surface area (Å²) in [5.41, 5.74) is 3.16. The van der Waals surface area contributed by atoms with Gasteiger partial charge in [0.2, 0.25) is 5.91 Å². The van der Waals surface area contributed by atoms with E-state index in [4.69, 9.17) is 9.47 Å². The Morgan fingerprint density at radius 2 is 1.88 bits per heavy atom. The predicted octanol–water partition coefficient (Wildman–Crippen LogP) is 4.65. The van der Waals surface area contributed by atoms with Crippen LogP contribution in [0.5, 0.6) is 11.5 Å². The van der Waals surface area contributed by atoms with Crippen LogP contribution in [-0.4, -0.2) is 39.6 Å². The first kappa shape index (κ1) is 23.2. The van der Waals surface area contributed by atoms with E-state index in [0.29, 0.717) is 18.4 Å². The number of aromatic nitrogens is 3. The third-order valence-electron chi connectivity index (χ3n) is 5.50. The Bertz CT molecular complexity index is 1130. The molecular formula is C25H30N4O3S. The van der Waals surface area contributed by atoms with E-state index < -0.39 is 0 Å². The molecule has 2 heterocycles. The van der Waals surface area contributed by atoms with Crippen LogP contribution in [0.4, 0.5) is 0 Å². The van der Waals surface area contributed by atoms with Gasteiger partial charge < -0.3 is 14.8 Å². The molecule has 1 aliphatic heterocycles. The van der Waals surface area contributed by atoms with Crippen LogP contribution in [-0.2, 0) is 4.79 Å². The highest BCUT2D eigenvalue weighted by molar-refractivity contribution is 7.99. The number of fused-ring (bicyclic) bond motifs is 1. The van der Waals surface area contributed by atoms with Gasteiger partial charge in [-0.2, -0.15) is 0 Å². The quantitative estimate of drug-likeness (QED) is 0.511. The summed E-state index contributed by atoms with van der Waals surface area (Å²) in [5.74, 6) is 2.69. The molecule has 0 bridgehead atoms. The Morgan fingerprint density at radius 3 is 2.64 bits per heavy atom. The van der Waals surface area contributed by atoms with Crippen molar-refractivity contribution in [3.05, 3.63) is 59.4 Å². The molecule has 1 aromatic heterocycles. The summed E-state index contributed by atoms with van der Waals surface area (Å²) >= 11 is 1.38. The van der Waals surface area contributed by atoms with E-state index in [-0.39, 0.29) is 23.6 Å². The highest BCUT2D eigenvalue weighted by Crippen LogP contribution is 2.34. The maximum absolute atomic E-state index is 12.9. The van der Waals surface area contributed by atoms with E-state index in [1.54, 1.807) is 0 Å². The van der Waals surface area contributed by atoms with Gasteiger partial charge in [-0.05, 0) is 55.2 Å². The number of hydrogen-bond acceptors (Lipinski definition) is 6. The molecule has 1 N–H and O–H groups in total. The van der Waals surface area contributed by atoms with Crippen molar-refractivity contribution in [3.63, 3.8) is 0 Å². The number of carbonyl (C=O) groups is 1. The number of thioether (sulfide) groups is 1. The van der Waals surface area contributed by atoms with Crippen LogP contribution in [0, 0.1) is 19.8 Å².